The van der Waals surface area contributed by atoms with Crippen molar-refractivity contribution in [3.05, 3.63) is 47.4 Å². The van der Waals surface area contributed by atoms with E-state index in [1.54, 1.807) is 12.3 Å². The van der Waals surface area contributed by atoms with Crippen LogP contribution in [-0.4, -0.2) is 11.2 Å². The van der Waals surface area contributed by atoms with Crippen LogP contribution in [-0.2, 0) is 6.54 Å². The molecule has 1 heterocycles. The minimum Gasteiger partial charge on any atom is -0.275 e. The quantitative estimate of drug-likeness (QED) is 0.782. The number of nitrogens with one attached hydrogen (secondary N) is 1. The topological polar surface area (TPSA) is 27.6 Å². The largest absolute Gasteiger partial charge is 0.275 e. The van der Waals surface area contributed by atoms with Crippen LogP contribution in [0.1, 0.15) is 5.56 Å². The van der Waals surface area contributed by atoms with E-state index >= 15 is 0 Å². The number of hydrazone groups is 1. The predicted octanol–water partition coefficient (Wildman–Crippen LogP) is 1.92. The highest BCUT2D eigenvalue weighted by Gasteiger charge is 2.12. The molecule has 0 fully saturated rings. The van der Waals surface area contributed by atoms with Gasteiger partial charge in [-0.15, -0.1) is 0 Å². The summed E-state index contributed by atoms with van der Waals surface area (Å²) >= 11 is 0. The van der Waals surface area contributed by atoms with E-state index in [1.165, 1.54) is 11.2 Å². The van der Waals surface area contributed by atoms with E-state index in [0.717, 1.165) is 6.07 Å². The fourth-order valence-corrected chi connectivity index (χ4v) is 1.28. The third-order valence-corrected chi connectivity index (χ3v) is 2.04. The van der Waals surface area contributed by atoms with Crippen LogP contribution in [0.2, 0.25) is 0 Å². The Morgan fingerprint density at radius 1 is 1.12 bits per heavy atom. The summed E-state index contributed by atoms with van der Waals surface area (Å²) in [5, 5.41) is 5.14. The van der Waals surface area contributed by atoms with Gasteiger partial charge >= 0.3 is 0 Å². The molecular weight excluding hydrogens is 219 g/mol. The summed E-state index contributed by atoms with van der Waals surface area (Å²) in [6.07, 6.45) is 4.75. The molecular formula is C10H8F3N3. The lowest BCUT2D eigenvalue weighted by Crippen LogP contribution is -2.30. The molecule has 16 heavy (non-hydrogen) atoms. The van der Waals surface area contributed by atoms with E-state index in [4.69, 9.17) is 0 Å². The molecule has 1 aromatic rings. The molecule has 3 nitrogen and oxygen atoms in total. The highest BCUT2D eigenvalue weighted by atomic mass is 19.2. The Kier molecular flexibility index (Phi) is 2.80. The van der Waals surface area contributed by atoms with Crippen molar-refractivity contribution < 1.29 is 13.2 Å². The number of rotatable bonds is 2. The number of nitrogens with zero attached hydrogens (tertiary/aromatic N) is 2. The van der Waals surface area contributed by atoms with Gasteiger partial charge in [-0.2, -0.15) is 5.10 Å². The molecule has 1 aliphatic heterocycles. The van der Waals surface area contributed by atoms with Crippen LogP contribution in [0.25, 0.3) is 0 Å². The van der Waals surface area contributed by atoms with Crippen molar-refractivity contribution in [2.45, 2.75) is 6.54 Å². The third-order valence-electron chi connectivity index (χ3n) is 2.04. The second-order valence-electron chi connectivity index (χ2n) is 3.21. The van der Waals surface area contributed by atoms with Crippen molar-refractivity contribution in [2.24, 2.45) is 5.10 Å². The average Bonchev–Trinajstić information content (AvgIpc) is 2.27. The van der Waals surface area contributed by atoms with E-state index in [1.807, 2.05) is 0 Å². The molecule has 84 valence electrons. The molecule has 0 saturated carbocycles. The first kappa shape index (κ1) is 10.5. The number of allylic oxidation sites excluding steroid dienone is 1. The standard InChI is InChI=1S/C10H8F3N3/c11-8-5-10(13)9(12)4-7(8)6-16-3-1-2-14-15-16/h1-5,15H,6H2. The van der Waals surface area contributed by atoms with Crippen molar-refractivity contribution in [1.82, 2.24) is 10.5 Å². The van der Waals surface area contributed by atoms with Crippen molar-refractivity contribution >= 4 is 6.21 Å². The molecule has 1 aliphatic rings. The molecule has 0 amide bonds. The molecule has 2 rings (SSSR count). The van der Waals surface area contributed by atoms with Gasteiger partial charge in [-0.25, -0.2) is 18.7 Å². The van der Waals surface area contributed by atoms with Crippen LogP contribution in [0.3, 0.4) is 0 Å². The maximum atomic E-state index is 13.3. The molecule has 0 aliphatic carbocycles. The number of hydrogen-bond acceptors (Lipinski definition) is 3. The lowest BCUT2D eigenvalue weighted by Gasteiger charge is -2.21. The van der Waals surface area contributed by atoms with Gasteiger partial charge in [0.05, 0.1) is 12.8 Å². The Labute approximate surface area is 89.8 Å². The summed E-state index contributed by atoms with van der Waals surface area (Å²) in [6.45, 7) is 0.0525. The first-order valence-electron chi connectivity index (χ1n) is 4.52. The van der Waals surface area contributed by atoms with Gasteiger partial charge in [0.2, 0.25) is 0 Å². The highest BCUT2D eigenvalue weighted by molar-refractivity contribution is 5.71. The van der Waals surface area contributed by atoms with Gasteiger partial charge in [-0.1, -0.05) is 0 Å². The van der Waals surface area contributed by atoms with Crippen molar-refractivity contribution in [3.63, 3.8) is 0 Å². The predicted molar refractivity (Wildman–Crippen MR) is 52.6 cm³/mol. The number of hydrogen-bond donors (Lipinski definition) is 1. The zero-order valence-electron chi connectivity index (χ0n) is 8.12. The van der Waals surface area contributed by atoms with Crippen LogP contribution in [0.5, 0.6) is 0 Å². The monoisotopic (exact) mass is 227 g/mol. The minimum atomic E-state index is -1.19. The SMILES string of the molecule is Fc1cc(F)c(CN2C=CC=NN2)cc1F. The normalized spacial score (nSPS) is 14.1. The van der Waals surface area contributed by atoms with Gasteiger partial charge in [-0.3, -0.25) is 5.01 Å². The molecule has 6 heteroatoms. The summed E-state index contributed by atoms with van der Waals surface area (Å²) < 4.78 is 38.8. The summed E-state index contributed by atoms with van der Waals surface area (Å²) in [5.74, 6) is -3.05. The smallest absolute Gasteiger partial charge is 0.161 e. The number of halogens is 3. The summed E-state index contributed by atoms with van der Waals surface area (Å²) in [5.41, 5.74) is 2.61. The zero-order valence-corrected chi connectivity index (χ0v) is 8.12. The Morgan fingerprint density at radius 3 is 2.56 bits per heavy atom. The highest BCUT2D eigenvalue weighted by Crippen LogP contribution is 2.15. The minimum absolute atomic E-state index is 0.0492. The van der Waals surface area contributed by atoms with E-state index in [9.17, 15) is 13.2 Å². The Bertz CT molecular complexity index is 457. The number of hydrazine groups is 1. The van der Waals surface area contributed by atoms with Crippen molar-refractivity contribution in [3.8, 4) is 0 Å². The van der Waals surface area contributed by atoms with E-state index < -0.39 is 17.5 Å². The molecule has 0 aromatic heterocycles. The third kappa shape index (κ3) is 2.16. The van der Waals surface area contributed by atoms with Crippen LogP contribution >= 0.6 is 0 Å². The first-order chi connectivity index (χ1) is 7.66. The van der Waals surface area contributed by atoms with E-state index in [0.29, 0.717) is 6.07 Å². The summed E-state index contributed by atoms with van der Waals surface area (Å²) in [6, 6.07) is 1.36. The maximum absolute atomic E-state index is 13.3. The van der Waals surface area contributed by atoms with E-state index in [2.05, 4.69) is 10.6 Å². The van der Waals surface area contributed by atoms with Gasteiger partial charge in [0.25, 0.3) is 0 Å². The van der Waals surface area contributed by atoms with E-state index in [-0.39, 0.29) is 12.1 Å². The van der Waals surface area contributed by atoms with Gasteiger partial charge in [0.15, 0.2) is 11.6 Å². The summed E-state index contributed by atoms with van der Waals surface area (Å²) in [4.78, 5) is 0. The van der Waals surface area contributed by atoms with Gasteiger partial charge in [0, 0.05) is 17.8 Å². The lowest BCUT2D eigenvalue weighted by atomic mass is 10.2. The second kappa shape index (κ2) is 4.26. The Morgan fingerprint density at radius 2 is 1.88 bits per heavy atom. The molecule has 0 saturated heterocycles. The Hall–Kier alpha value is -1.98. The van der Waals surface area contributed by atoms with Crippen LogP contribution < -0.4 is 5.53 Å². The average molecular weight is 227 g/mol. The fraction of sp³-hybridized carbons (Fsp3) is 0.100. The Balaban J connectivity index is 2.18. The number of benzene rings is 1. The van der Waals surface area contributed by atoms with Crippen LogP contribution in [0.4, 0.5) is 13.2 Å². The van der Waals surface area contributed by atoms with Gasteiger partial charge in [0.1, 0.15) is 5.82 Å². The van der Waals surface area contributed by atoms with Crippen molar-refractivity contribution in [1.29, 1.82) is 0 Å². The molecule has 1 N–H and O–H groups in total. The van der Waals surface area contributed by atoms with Gasteiger partial charge < -0.3 is 0 Å². The zero-order chi connectivity index (χ0) is 11.5. The molecule has 0 atom stereocenters. The molecule has 0 radical (unpaired) electrons. The van der Waals surface area contributed by atoms with Gasteiger partial charge in [-0.05, 0) is 12.1 Å². The second-order valence-corrected chi connectivity index (χ2v) is 3.21. The molecule has 0 spiro atoms. The van der Waals surface area contributed by atoms with Crippen LogP contribution in [0.15, 0.2) is 29.5 Å². The maximum Gasteiger partial charge on any atom is 0.161 e. The fourth-order valence-electron chi connectivity index (χ4n) is 1.28. The molecule has 0 unspecified atom stereocenters. The summed E-state index contributed by atoms with van der Waals surface area (Å²) in [7, 11) is 0. The first-order valence-corrected chi connectivity index (χ1v) is 4.52. The molecule has 0 bridgehead atoms. The van der Waals surface area contributed by atoms with Crippen LogP contribution in [0, 0.1) is 17.5 Å². The van der Waals surface area contributed by atoms with Crippen molar-refractivity contribution in [2.75, 3.05) is 0 Å². The lowest BCUT2D eigenvalue weighted by molar-refractivity contribution is 0.262. The molecule has 1 aromatic carbocycles.